The number of carbonyl (C=O) groups excluding carboxylic acids is 1. The molecule has 1 aromatic rings. The minimum atomic E-state index is -0.357. The van der Waals surface area contributed by atoms with Crippen LogP contribution in [0.2, 0.25) is 0 Å². The van der Waals surface area contributed by atoms with Gasteiger partial charge in [0.2, 0.25) is 5.91 Å². The zero-order valence-electron chi connectivity index (χ0n) is 9.12. The van der Waals surface area contributed by atoms with Gasteiger partial charge in [-0.3, -0.25) is 9.48 Å². The van der Waals surface area contributed by atoms with Crippen LogP contribution in [0.4, 0.5) is 0 Å². The van der Waals surface area contributed by atoms with Crippen LogP contribution in [0.15, 0.2) is 12.7 Å². The summed E-state index contributed by atoms with van der Waals surface area (Å²) in [4.78, 5) is 17.3. The smallest absolute Gasteiger partial charge is 0.224 e. The molecule has 0 radical (unpaired) electrons. The van der Waals surface area contributed by atoms with Gasteiger partial charge in [0.05, 0.1) is 12.6 Å². The lowest BCUT2D eigenvalue weighted by Crippen LogP contribution is -2.42. The maximum Gasteiger partial charge on any atom is 0.224 e. The topological polar surface area (TPSA) is 71.2 Å². The average Bonchev–Trinajstić information content (AvgIpc) is 2.78. The Balaban J connectivity index is 1.79. The second kappa shape index (κ2) is 5.07. The Kier molecular flexibility index (Phi) is 3.51. The van der Waals surface area contributed by atoms with Crippen LogP contribution >= 0.6 is 0 Å². The van der Waals surface area contributed by atoms with E-state index in [2.05, 4.69) is 10.1 Å². The summed E-state index contributed by atoms with van der Waals surface area (Å²) in [6.45, 7) is 1.77. The molecule has 1 N–H and O–H groups in total. The molecule has 0 spiro atoms. The third-order valence-electron chi connectivity index (χ3n) is 2.77. The molecule has 0 bridgehead atoms. The van der Waals surface area contributed by atoms with E-state index in [9.17, 15) is 9.90 Å². The third kappa shape index (κ3) is 2.79. The number of β-amino-alcohol motifs (C(OH)–C–C–N with tert-alkyl or cyclic N) is 1. The second-order valence-corrected chi connectivity index (χ2v) is 4.04. The molecule has 1 fully saturated rings. The maximum atomic E-state index is 11.8. The Morgan fingerprint density at radius 3 is 3.12 bits per heavy atom. The standard InChI is InChI=1S/C10H16N4O2/c15-9-2-1-4-13(6-9)10(16)3-5-14-8-11-7-12-14/h7-9,15H,1-6H2/t9-/m0/s1. The number of nitrogens with zero attached hydrogens (tertiary/aromatic N) is 4. The fourth-order valence-corrected chi connectivity index (χ4v) is 1.90. The van der Waals surface area contributed by atoms with Crippen molar-refractivity contribution in [2.75, 3.05) is 13.1 Å². The van der Waals surface area contributed by atoms with Gasteiger partial charge in [0.15, 0.2) is 0 Å². The Bertz CT molecular complexity index is 339. The van der Waals surface area contributed by atoms with Gasteiger partial charge in [-0.05, 0) is 12.8 Å². The molecule has 1 amide bonds. The number of aliphatic hydroxyl groups is 1. The second-order valence-electron chi connectivity index (χ2n) is 4.04. The van der Waals surface area contributed by atoms with E-state index < -0.39 is 0 Å². The Labute approximate surface area is 93.9 Å². The van der Waals surface area contributed by atoms with E-state index in [1.165, 1.54) is 6.33 Å². The SMILES string of the molecule is O=C(CCn1cncn1)N1CCC[C@H](O)C1. The van der Waals surface area contributed by atoms with E-state index in [0.717, 1.165) is 19.4 Å². The zero-order chi connectivity index (χ0) is 11.4. The van der Waals surface area contributed by atoms with Crippen LogP contribution in [0.3, 0.4) is 0 Å². The molecule has 2 rings (SSSR count). The highest BCUT2D eigenvalue weighted by atomic mass is 16.3. The Morgan fingerprint density at radius 1 is 1.56 bits per heavy atom. The number of likely N-dealkylation sites (tertiary alicyclic amines) is 1. The summed E-state index contributed by atoms with van der Waals surface area (Å²) >= 11 is 0. The van der Waals surface area contributed by atoms with E-state index in [0.29, 0.717) is 19.5 Å². The van der Waals surface area contributed by atoms with Gasteiger partial charge in [0.1, 0.15) is 12.7 Å². The summed E-state index contributed by atoms with van der Waals surface area (Å²) < 4.78 is 1.64. The lowest BCUT2D eigenvalue weighted by Gasteiger charge is -2.30. The van der Waals surface area contributed by atoms with Crippen molar-refractivity contribution in [1.29, 1.82) is 0 Å². The van der Waals surface area contributed by atoms with Gasteiger partial charge < -0.3 is 10.0 Å². The monoisotopic (exact) mass is 224 g/mol. The predicted octanol–water partition coefficient (Wildman–Crippen LogP) is -0.349. The highest BCUT2D eigenvalue weighted by Gasteiger charge is 2.21. The van der Waals surface area contributed by atoms with Crippen molar-refractivity contribution in [3.8, 4) is 0 Å². The summed E-state index contributed by atoms with van der Waals surface area (Å²) in [5, 5.41) is 13.4. The number of carbonyl (C=O) groups is 1. The van der Waals surface area contributed by atoms with E-state index in [1.54, 1.807) is 15.9 Å². The van der Waals surface area contributed by atoms with Crippen LogP contribution in [0.1, 0.15) is 19.3 Å². The molecule has 1 aliphatic heterocycles. The maximum absolute atomic E-state index is 11.8. The van der Waals surface area contributed by atoms with Crippen molar-refractivity contribution in [2.45, 2.75) is 31.9 Å². The molecular weight excluding hydrogens is 208 g/mol. The summed E-state index contributed by atoms with van der Waals surface area (Å²) in [5.74, 6) is 0.0780. The quantitative estimate of drug-likeness (QED) is 0.762. The molecule has 0 aromatic carbocycles. The molecule has 1 aliphatic rings. The Hall–Kier alpha value is -1.43. The average molecular weight is 224 g/mol. The molecule has 2 heterocycles. The Morgan fingerprint density at radius 2 is 2.44 bits per heavy atom. The lowest BCUT2D eigenvalue weighted by atomic mass is 10.1. The van der Waals surface area contributed by atoms with Crippen molar-refractivity contribution in [3.63, 3.8) is 0 Å². The molecule has 1 saturated heterocycles. The number of aromatic nitrogens is 3. The van der Waals surface area contributed by atoms with Gasteiger partial charge in [-0.15, -0.1) is 0 Å². The van der Waals surface area contributed by atoms with Crippen molar-refractivity contribution >= 4 is 5.91 Å². The van der Waals surface area contributed by atoms with E-state index in [-0.39, 0.29) is 12.0 Å². The third-order valence-corrected chi connectivity index (χ3v) is 2.77. The molecule has 1 aromatic heterocycles. The molecule has 1 atom stereocenters. The number of hydrogen-bond donors (Lipinski definition) is 1. The first kappa shape index (κ1) is 11.1. The number of hydrogen-bond acceptors (Lipinski definition) is 4. The van der Waals surface area contributed by atoms with Crippen molar-refractivity contribution in [2.24, 2.45) is 0 Å². The normalized spacial score (nSPS) is 21.1. The molecule has 0 unspecified atom stereocenters. The van der Waals surface area contributed by atoms with E-state index in [1.807, 2.05) is 0 Å². The van der Waals surface area contributed by atoms with Crippen LogP contribution in [-0.2, 0) is 11.3 Å². The van der Waals surface area contributed by atoms with Crippen LogP contribution in [0.5, 0.6) is 0 Å². The molecule has 6 nitrogen and oxygen atoms in total. The molecule has 88 valence electrons. The van der Waals surface area contributed by atoms with Crippen molar-refractivity contribution in [3.05, 3.63) is 12.7 Å². The molecule has 0 aliphatic carbocycles. The number of piperidine rings is 1. The fraction of sp³-hybridized carbons (Fsp3) is 0.700. The molecule has 0 saturated carbocycles. The molecule has 6 heteroatoms. The van der Waals surface area contributed by atoms with Crippen LogP contribution < -0.4 is 0 Å². The largest absolute Gasteiger partial charge is 0.391 e. The first-order chi connectivity index (χ1) is 7.75. The van der Waals surface area contributed by atoms with Gasteiger partial charge in [0.25, 0.3) is 0 Å². The van der Waals surface area contributed by atoms with Gasteiger partial charge >= 0.3 is 0 Å². The summed E-state index contributed by atoms with van der Waals surface area (Å²) in [5.41, 5.74) is 0. The number of aryl methyl sites for hydroxylation is 1. The minimum Gasteiger partial charge on any atom is -0.391 e. The fourth-order valence-electron chi connectivity index (χ4n) is 1.90. The number of rotatable bonds is 3. The summed E-state index contributed by atoms with van der Waals surface area (Å²) in [6.07, 6.45) is 4.79. The van der Waals surface area contributed by atoms with Crippen LogP contribution in [0, 0.1) is 0 Å². The van der Waals surface area contributed by atoms with Gasteiger partial charge in [0, 0.05) is 19.5 Å². The lowest BCUT2D eigenvalue weighted by molar-refractivity contribution is -0.134. The first-order valence-electron chi connectivity index (χ1n) is 5.54. The number of amides is 1. The van der Waals surface area contributed by atoms with E-state index >= 15 is 0 Å². The van der Waals surface area contributed by atoms with Gasteiger partial charge in [-0.1, -0.05) is 0 Å². The summed E-state index contributed by atoms with van der Waals surface area (Å²) in [6, 6.07) is 0. The van der Waals surface area contributed by atoms with Crippen LogP contribution in [0.25, 0.3) is 0 Å². The van der Waals surface area contributed by atoms with E-state index in [4.69, 9.17) is 0 Å². The summed E-state index contributed by atoms with van der Waals surface area (Å²) in [7, 11) is 0. The predicted molar refractivity (Wildman–Crippen MR) is 56.5 cm³/mol. The van der Waals surface area contributed by atoms with Gasteiger partial charge in [-0.2, -0.15) is 5.10 Å². The highest BCUT2D eigenvalue weighted by molar-refractivity contribution is 5.76. The zero-order valence-corrected chi connectivity index (χ0v) is 9.12. The molecular formula is C10H16N4O2. The highest BCUT2D eigenvalue weighted by Crippen LogP contribution is 2.11. The molecule has 16 heavy (non-hydrogen) atoms. The van der Waals surface area contributed by atoms with Crippen LogP contribution in [-0.4, -0.2) is 49.9 Å². The van der Waals surface area contributed by atoms with Crippen molar-refractivity contribution in [1.82, 2.24) is 19.7 Å². The first-order valence-corrected chi connectivity index (χ1v) is 5.54. The van der Waals surface area contributed by atoms with Gasteiger partial charge in [-0.25, -0.2) is 4.98 Å². The number of aliphatic hydroxyl groups excluding tert-OH is 1. The van der Waals surface area contributed by atoms with Crippen molar-refractivity contribution < 1.29 is 9.90 Å². The minimum absolute atomic E-state index is 0.0780.